The lowest BCUT2D eigenvalue weighted by Crippen LogP contribution is -2.18. The van der Waals surface area contributed by atoms with Gasteiger partial charge in [-0.2, -0.15) is 0 Å². The monoisotopic (exact) mass is 178 g/mol. The number of fused-ring (bicyclic) bond motifs is 2. The Labute approximate surface area is 82.1 Å². The maximum absolute atomic E-state index is 1.58. The molecule has 0 spiro atoms. The minimum atomic E-state index is 1.19. The third kappa shape index (κ3) is 1.53. The summed E-state index contributed by atoms with van der Waals surface area (Å²) in [5, 5.41) is 0. The molecule has 0 aromatic heterocycles. The van der Waals surface area contributed by atoms with Gasteiger partial charge in [0.25, 0.3) is 0 Å². The molecule has 0 amide bonds. The van der Waals surface area contributed by atoms with Crippen LogP contribution < -0.4 is 0 Å². The summed E-state index contributed by atoms with van der Waals surface area (Å²) in [5.74, 6) is 4.77. The van der Waals surface area contributed by atoms with E-state index in [1.807, 2.05) is 0 Å². The van der Waals surface area contributed by atoms with Gasteiger partial charge in [0.05, 0.1) is 0 Å². The quantitative estimate of drug-likeness (QED) is 0.526. The molecule has 0 radical (unpaired) electrons. The Morgan fingerprint density at radius 3 is 1.31 bits per heavy atom. The molecule has 0 aromatic rings. The van der Waals surface area contributed by atoms with Crippen LogP contribution in [-0.4, -0.2) is 0 Å². The van der Waals surface area contributed by atoms with E-state index in [1.54, 1.807) is 51.4 Å². The lowest BCUT2D eigenvalue weighted by Gasteiger charge is -2.29. The molecule has 2 bridgehead atoms. The second kappa shape index (κ2) is 3.29. The molecule has 5 aliphatic carbocycles. The Morgan fingerprint density at radius 2 is 1.08 bits per heavy atom. The largest absolute Gasteiger partial charge is 0.0528 e. The Bertz CT molecular complexity index is 155. The fourth-order valence-corrected chi connectivity index (χ4v) is 3.86. The first-order valence-corrected chi connectivity index (χ1v) is 6.42. The van der Waals surface area contributed by atoms with E-state index in [0.717, 1.165) is 0 Å². The van der Waals surface area contributed by atoms with Crippen molar-refractivity contribution >= 4 is 0 Å². The van der Waals surface area contributed by atoms with Gasteiger partial charge in [0.1, 0.15) is 0 Å². The Balaban J connectivity index is 0.0000000875. The topological polar surface area (TPSA) is 0 Å². The van der Waals surface area contributed by atoms with E-state index < -0.39 is 0 Å². The highest BCUT2D eigenvalue weighted by molar-refractivity contribution is 4.87. The molecule has 0 aromatic carbocycles. The fraction of sp³-hybridized carbons (Fsp3) is 1.00. The van der Waals surface area contributed by atoms with E-state index >= 15 is 0 Å². The molecular formula is C13H22. The summed E-state index contributed by atoms with van der Waals surface area (Å²) in [6, 6.07) is 0. The second-order valence-electron chi connectivity index (χ2n) is 5.81. The summed E-state index contributed by atoms with van der Waals surface area (Å²) in [7, 11) is 0. The fourth-order valence-electron chi connectivity index (χ4n) is 3.86. The summed E-state index contributed by atoms with van der Waals surface area (Å²) in [5.41, 5.74) is 0. The zero-order valence-corrected chi connectivity index (χ0v) is 8.67. The van der Waals surface area contributed by atoms with E-state index in [-0.39, 0.29) is 0 Å². The first-order chi connectivity index (χ1) is 6.42. The molecule has 2 atom stereocenters. The average molecular weight is 178 g/mol. The molecule has 0 heterocycles. The zero-order chi connectivity index (χ0) is 8.67. The highest BCUT2D eigenvalue weighted by atomic mass is 14.4. The minimum Gasteiger partial charge on any atom is -0.0528 e. The lowest BCUT2D eigenvalue weighted by molar-refractivity contribution is 0.219. The van der Waals surface area contributed by atoms with Crippen molar-refractivity contribution < 1.29 is 0 Å². The van der Waals surface area contributed by atoms with Crippen molar-refractivity contribution in [2.75, 3.05) is 0 Å². The lowest BCUT2D eigenvalue weighted by atomic mass is 9.77. The molecule has 0 heteroatoms. The van der Waals surface area contributed by atoms with Crippen LogP contribution in [0.2, 0.25) is 0 Å². The minimum absolute atomic E-state index is 1.19. The van der Waals surface area contributed by atoms with Crippen LogP contribution >= 0.6 is 0 Å². The maximum Gasteiger partial charge on any atom is -0.0386 e. The summed E-state index contributed by atoms with van der Waals surface area (Å²) < 4.78 is 0. The molecule has 0 nitrogen and oxygen atoms in total. The van der Waals surface area contributed by atoms with Gasteiger partial charge in [0.15, 0.2) is 0 Å². The highest BCUT2D eigenvalue weighted by Gasteiger charge is 2.35. The molecule has 74 valence electrons. The summed E-state index contributed by atoms with van der Waals surface area (Å²) in [6.07, 6.45) is 14.1. The first-order valence-electron chi connectivity index (χ1n) is 6.42. The first kappa shape index (κ1) is 8.32. The number of rotatable bonds is 0. The summed E-state index contributed by atoms with van der Waals surface area (Å²) in [6.45, 7) is 0. The third-order valence-corrected chi connectivity index (χ3v) is 5.04. The Hall–Kier alpha value is 0. The smallest absolute Gasteiger partial charge is 0.0386 e. The molecule has 5 saturated carbocycles. The van der Waals surface area contributed by atoms with Gasteiger partial charge in [0, 0.05) is 0 Å². The SMILES string of the molecule is C1CC2CC1C2.C1CC2CCC2C1. The molecule has 13 heavy (non-hydrogen) atoms. The van der Waals surface area contributed by atoms with Gasteiger partial charge in [-0.3, -0.25) is 0 Å². The van der Waals surface area contributed by atoms with Gasteiger partial charge in [-0.05, 0) is 49.4 Å². The molecule has 0 saturated heterocycles. The van der Waals surface area contributed by atoms with Crippen LogP contribution in [0.3, 0.4) is 0 Å². The van der Waals surface area contributed by atoms with E-state index in [9.17, 15) is 0 Å². The van der Waals surface area contributed by atoms with Gasteiger partial charge < -0.3 is 0 Å². The predicted octanol–water partition coefficient (Wildman–Crippen LogP) is 4.00. The van der Waals surface area contributed by atoms with E-state index in [2.05, 4.69) is 0 Å². The van der Waals surface area contributed by atoms with Crippen molar-refractivity contribution in [1.29, 1.82) is 0 Å². The summed E-state index contributed by atoms with van der Waals surface area (Å²) in [4.78, 5) is 0. The number of hydrogen-bond donors (Lipinski definition) is 0. The summed E-state index contributed by atoms with van der Waals surface area (Å²) >= 11 is 0. The Morgan fingerprint density at radius 1 is 0.538 bits per heavy atom. The van der Waals surface area contributed by atoms with Crippen molar-refractivity contribution in [3.63, 3.8) is 0 Å². The molecule has 5 fully saturated rings. The van der Waals surface area contributed by atoms with Crippen molar-refractivity contribution in [3.05, 3.63) is 0 Å². The second-order valence-corrected chi connectivity index (χ2v) is 5.81. The van der Waals surface area contributed by atoms with Gasteiger partial charge in [-0.15, -0.1) is 0 Å². The van der Waals surface area contributed by atoms with Crippen LogP contribution in [-0.2, 0) is 0 Å². The van der Waals surface area contributed by atoms with Crippen LogP contribution in [0, 0.1) is 23.7 Å². The van der Waals surface area contributed by atoms with Crippen LogP contribution in [0.15, 0.2) is 0 Å². The molecule has 0 aliphatic heterocycles. The molecular weight excluding hydrogens is 156 g/mol. The molecule has 0 N–H and O–H groups in total. The van der Waals surface area contributed by atoms with Gasteiger partial charge >= 0.3 is 0 Å². The van der Waals surface area contributed by atoms with Crippen molar-refractivity contribution in [1.82, 2.24) is 0 Å². The molecule has 5 rings (SSSR count). The third-order valence-electron chi connectivity index (χ3n) is 5.04. The Kier molecular flexibility index (Phi) is 2.11. The van der Waals surface area contributed by atoms with E-state index in [1.165, 1.54) is 30.1 Å². The van der Waals surface area contributed by atoms with Crippen molar-refractivity contribution in [3.8, 4) is 0 Å². The van der Waals surface area contributed by atoms with Crippen LogP contribution in [0.1, 0.15) is 57.8 Å². The normalized spacial score (nSPS) is 49.8. The highest BCUT2D eigenvalue weighted by Crippen LogP contribution is 2.48. The predicted molar refractivity (Wildman–Crippen MR) is 55.5 cm³/mol. The van der Waals surface area contributed by atoms with Crippen LogP contribution in [0.5, 0.6) is 0 Å². The van der Waals surface area contributed by atoms with Gasteiger partial charge in [-0.1, -0.05) is 32.1 Å². The maximum atomic E-state index is 1.58. The van der Waals surface area contributed by atoms with Crippen molar-refractivity contribution in [2.45, 2.75) is 57.8 Å². The zero-order valence-electron chi connectivity index (χ0n) is 8.67. The molecule has 5 aliphatic rings. The van der Waals surface area contributed by atoms with E-state index in [0.29, 0.717) is 0 Å². The average Bonchev–Trinajstić information content (AvgIpc) is 2.65. The van der Waals surface area contributed by atoms with E-state index in [4.69, 9.17) is 0 Å². The number of hydrogen-bond acceptors (Lipinski definition) is 0. The standard InChI is InChI=1S/C7H12.C6H10/c1-2-6-4-5-7(6)3-1;1-2-6-3-5(1)4-6/h6-7H,1-5H2;5-6H,1-4H2. The van der Waals surface area contributed by atoms with Gasteiger partial charge in [-0.25, -0.2) is 0 Å². The van der Waals surface area contributed by atoms with Gasteiger partial charge in [0.2, 0.25) is 0 Å². The van der Waals surface area contributed by atoms with Crippen LogP contribution in [0.4, 0.5) is 0 Å². The van der Waals surface area contributed by atoms with Crippen LogP contribution in [0.25, 0.3) is 0 Å². The molecule has 2 unspecified atom stereocenters. The van der Waals surface area contributed by atoms with Crippen molar-refractivity contribution in [2.24, 2.45) is 23.7 Å².